The van der Waals surface area contributed by atoms with Crippen LogP contribution in [0.4, 0.5) is 0 Å². The minimum Gasteiger partial charge on any atom is -0.496 e. The van der Waals surface area contributed by atoms with Gasteiger partial charge in [-0.2, -0.15) is 0 Å². The van der Waals surface area contributed by atoms with Crippen LogP contribution in [-0.4, -0.2) is 4.98 Å². The number of aromatic nitrogens is 1. The molecule has 1 aliphatic heterocycles. The van der Waals surface area contributed by atoms with E-state index in [1.807, 2.05) is 20.1 Å². The van der Waals surface area contributed by atoms with Crippen LogP contribution < -0.4 is 0 Å². The quantitative estimate of drug-likeness (QED) is 0.604. The van der Waals surface area contributed by atoms with Crippen LogP contribution in [0, 0.1) is 13.8 Å². The molecule has 0 saturated carbocycles. The first-order valence-corrected chi connectivity index (χ1v) is 4.44. The largest absolute Gasteiger partial charge is 0.496 e. The summed E-state index contributed by atoms with van der Waals surface area (Å²) in [5, 5.41) is 0. The normalized spacial score (nSPS) is 14.5. The van der Waals surface area contributed by atoms with E-state index in [-0.39, 0.29) is 0 Å². The third-order valence-corrected chi connectivity index (χ3v) is 2.37. The van der Waals surface area contributed by atoms with Gasteiger partial charge in [0.05, 0.1) is 6.26 Å². The molecule has 13 heavy (non-hydrogen) atoms. The lowest BCUT2D eigenvalue weighted by atomic mass is 9.99. The minimum atomic E-state index is 0.659. The second-order valence-corrected chi connectivity index (χ2v) is 3.49. The standard InChI is InChI=1S/C11H13NO/c1-7-5-13-6-11-9(3)12-8(2)4-10(7)11/h4-5H,6H2,1-3H3. The van der Waals surface area contributed by atoms with Crippen LogP contribution in [0.1, 0.15) is 29.4 Å². The van der Waals surface area contributed by atoms with E-state index in [1.54, 1.807) is 0 Å². The third kappa shape index (κ3) is 1.32. The number of allylic oxidation sites excluding steroid dienone is 1. The number of hydrogen-bond acceptors (Lipinski definition) is 2. The van der Waals surface area contributed by atoms with E-state index in [4.69, 9.17) is 4.74 Å². The molecule has 1 aliphatic rings. The summed E-state index contributed by atoms with van der Waals surface area (Å²) < 4.78 is 5.33. The zero-order chi connectivity index (χ0) is 9.42. The predicted octanol–water partition coefficient (Wildman–Crippen LogP) is 2.59. The molecule has 0 N–H and O–H groups in total. The van der Waals surface area contributed by atoms with Gasteiger partial charge in [0.25, 0.3) is 0 Å². The van der Waals surface area contributed by atoms with Crippen molar-refractivity contribution in [3.05, 3.63) is 34.8 Å². The van der Waals surface area contributed by atoms with Crippen molar-refractivity contribution in [2.45, 2.75) is 27.4 Å². The molecule has 0 amide bonds. The topological polar surface area (TPSA) is 22.1 Å². The molecule has 2 rings (SSSR count). The molecule has 0 aromatic carbocycles. The average molecular weight is 175 g/mol. The average Bonchev–Trinajstić information content (AvgIpc) is 2.07. The van der Waals surface area contributed by atoms with Gasteiger partial charge in [-0.15, -0.1) is 0 Å². The summed E-state index contributed by atoms with van der Waals surface area (Å²) in [6.45, 7) is 6.78. The summed E-state index contributed by atoms with van der Waals surface area (Å²) in [5.74, 6) is 0. The zero-order valence-corrected chi connectivity index (χ0v) is 8.22. The lowest BCUT2D eigenvalue weighted by molar-refractivity contribution is 0.231. The van der Waals surface area contributed by atoms with Gasteiger partial charge >= 0.3 is 0 Å². The molecule has 0 radical (unpaired) electrons. The molecule has 1 aromatic heterocycles. The van der Waals surface area contributed by atoms with Crippen molar-refractivity contribution in [3.63, 3.8) is 0 Å². The van der Waals surface area contributed by atoms with Crippen molar-refractivity contribution < 1.29 is 4.74 Å². The van der Waals surface area contributed by atoms with Gasteiger partial charge in [0.2, 0.25) is 0 Å². The highest BCUT2D eigenvalue weighted by Gasteiger charge is 2.13. The second kappa shape index (κ2) is 2.87. The Morgan fingerprint density at radius 1 is 1.31 bits per heavy atom. The van der Waals surface area contributed by atoms with Crippen LogP contribution in [0.2, 0.25) is 0 Å². The van der Waals surface area contributed by atoms with Crippen molar-refractivity contribution in [1.29, 1.82) is 0 Å². The first kappa shape index (κ1) is 8.30. The predicted molar refractivity (Wildman–Crippen MR) is 52.2 cm³/mol. The molecule has 2 heteroatoms. The number of hydrogen-bond donors (Lipinski definition) is 0. The van der Waals surface area contributed by atoms with Crippen LogP contribution in [0.3, 0.4) is 0 Å². The molecule has 0 bridgehead atoms. The van der Waals surface area contributed by atoms with Crippen LogP contribution in [0.5, 0.6) is 0 Å². The van der Waals surface area contributed by atoms with Crippen molar-refractivity contribution in [1.82, 2.24) is 4.98 Å². The Morgan fingerprint density at radius 3 is 2.85 bits per heavy atom. The maximum Gasteiger partial charge on any atom is 0.115 e. The van der Waals surface area contributed by atoms with Gasteiger partial charge in [-0.05, 0) is 38.0 Å². The number of pyridine rings is 1. The van der Waals surface area contributed by atoms with Gasteiger partial charge in [-0.3, -0.25) is 4.98 Å². The number of fused-ring (bicyclic) bond motifs is 1. The molecule has 0 unspecified atom stereocenters. The van der Waals surface area contributed by atoms with E-state index >= 15 is 0 Å². The van der Waals surface area contributed by atoms with Crippen LogP contribution >= 0.6 is 0 Å². The Kier molecular flexibility index (Phi) is 1.83. The third-order valence-electron chi connectivity index (χ3n) is 2.37. The fourth-order valence-corrected chi connectivity index (χ4v) is 1.70. The van der Waals surface area contributed by atoms with Gasteiger partial charge in [-0.1, -0.05) is 0 Å². The molecule has 0 fully saturated rings. The highest BCUT2D eigenvalue weighted by atomic mass is 16.5. The number of ether oxygens (including phenoxy) is 1. The van der Waals surface area contributed by atoms with E-state index in [1.165, 1.54) is 16.7 Å². The summed E-state index contributed by atoms with van der Waals surface area (Å²) in [5.41, 5.74) is 5.87. The summed E-state index contributed by atoms with van der Waals surface area (Å²) in [7, 11) is 0. The highest BCUT2D eigenvalue weighted by Crippen LogP contribution is 2.26. The SMILES string of the molecule is CC1=COCc2c1cc(C)nc2C. The van der Waals surface area contributed by atoms with E-state index in [2.05, 4.69) is 18.0 Å². The Hall–Kier alpha value is -1.31. The molecule has 0 atom stereocenters. The van der Waals surface area contributed by atoms with E-state index in [9.17, 15) is 0 Å². The summed E-state index contributed by atoms with van der Waals surface area (Å²) >= 11 is 0. The fourth-order valence-electron chi connectivity index (χ4n) is 1.70. The van der Waals surface area contributed by atoms with Crippen LogP contribution in [0.15, 0.2) is 12.3 Å². The van der Waals surface area contributed by atoms with Crippen LogP contribution in [0.25, 0.3) is 5.57 Å². The Balaban J connectivity index is 2.66. The molecular weight excluding hydrogens is 162 g/mol. The van der Waals surface area contributed by atoms with Crippen molar-refractivity contribution in [2.75, 3.05) is 0 Å². The molecule has 2 nitrogen and oxygen atoms in total. The van der Waals surface area contributed by atoms with Crippen LogP contribution in [-0.2, 0) is 11.3 Å². The lowest BCUT2D eigenvalue weighted by Gasteiger charge is -2.17. The zero-order valence-electron chi connectivity index (χ0n) is 8.22. The maximum atomic E-state index is 5.33. The minimum absolute atomic E-state index is 0.659. The molecule has 68 valence electrons. The summed E-state index contributed by atoms with van der Waals surface area (Å²) in [4.78, 5) is 4.41. The Labute approximate surface area is 78.3 Å². The van der Waals surface area contributed by atoms with Gasteiger partial charge in [-0.25, -0.2) is 0 Å². The van der Waals surface area contributed by atoms with Gasteiger partial charge in [0.1, 0.15) is 6.61 Å². The molecule has 0 spiro atoms. The molecular formula is C11H13NO. The van der Waals surface area contributed by atoms with E-state index in [0.717, 1.165) is 11.4 Å². The number of rotatable bonds is 0. The smallest absolute Gasteiger partial charge is 0.115 e. The van der Waals surface area contributed by atoms with E-state index in [0.29, 0.717) is 6.61 Å². The molecule has 0 aliphatic carbocycles. The number of aryl methyl sites for hydroxylation is 2. The van der Waals surface area contributed by atoms with Gasteiger partial charge < -0.3 is 4.74 Å². The Bertz CT molecular complexity index is 380. The first-order valence-electron chi connectivity index (χ1n) is 4.44. The monoisotopic (exact) mass is 175 g/mol. The summed E-state index contributed by atoms with van der Waals surface area (Å²) in [6.07, 6.45) is 1.82. The van der Waals surface area contributed by atoms with Crippen molar-refractivity contribution in [2.24, 2.45) is 0 Å². The molecule has 1 aromatic rings. The van der Waals surface area contributed by atoms with E-state index < -0.39 is 0 Å². The van der Waals surface area contributed by atoms with Crippen molar-refractivity contribution in [3.8, 4) is 0 Å². The van der Waals surface area contributed by atoms with Crippen molar-refractivity contribution >= 4 is 5.57 Å². The summed E-state index contributed by atoms with van der Waals surface area (Å²) in [6, 6.07) is 2.12. The second-order valence-electron chi connectivity index (χ2n) is 3.49. The van der Waals surface area contributed by atoms with Gasteiger partial charge in [0.15, 0.2) is 0 Å². The highest BCUT2D eigenvalue weighted by molar-refractivity contribution is 5.67. The molecule has 0 saturated heterocycles. The molecule has 2 heterocycles. The fraction of sp³-hybridized carbons (Fsp3) is 0.364. The lowest BCUT2D eigenvalue weighted by Crippen LogP contribution is -2.05. The first-order chi connectivity index (χ1) is 6.18. The Morgan fingerprint density at radius 2 is 2.08 bits per heavy atom. The van der Waals surface area contributed by atoms with Gasteiger partial charge in [0, 0.05) is 17.0 Å². The maximum absolute atomic E-state index is 5.33. The number of nitrogens with zero attached hydrogens (tertiary/aromatic N) is 1.